The molecule has 1 N–H and O–H groups in total. The van der Waals surface area contributed by atoms with E-state index in [9.17, 15) is 13.2 Å². The van der Waals surface area contributed by atoms with Crippen LogP contribution in [0.5, 0.6) is 5.75 Å². The SMILES string of the molecule is CCCNC(=O)[C@@H]1CN(S(=O)(=O)CC)c2ccccc2O1. The molecule has 0 spiro atoms. The van der Waals surface area contributed by atoms with Crippen molar-refractivity contribution >= 4 is 21.6 Å². The number of hydrogen-bond acceptors (Lipinski definition) is 4. The second-order valence-corrected chi connectivity index (χ2v) is 6.98. The van der Waals surface area contributed by atoms with Crippen LogP contribution in [0.4, 0.5) is 5.69 Å². The number of amides is 1. The minimum Gasteiger partial charge on any atom is -0.476 e. The molecule has 0 aliphatic carbocycles. The number of nitrogens with zero attached hydrogens (tertiary/aromatic N) is 1. The molecular formula is C14H20N2O4S. The molecule has 0 bridgehead atoms. The number of sulfonamides is 1. The molecule has 2 rings (SSSR count). The zero-order chi connectivity index (χ0) is 15.5. The third-order valence-electron chi connectivity index (χ3n) is 3.28. The normalized spacial score (nSPS) is 17.8. The molecule has 0 saturated heterocycles. The fraction of sp³-hybridized carbons (Fsp3) is 0.500. The summed E-state index contributed by atoms with van der Waals surface area (Å²) in [7, 11) is -3.45. The summed E-state index contributed by atoms with van der Waals surface area (Å²) in [6, 6.07) is 6.86. The van der Waals surface area contributed by atoms with Gasteiger partial charge in [0, 0.05) is 6.54 Å². The van der Waals surface area contributed by atoms with E-state index in [1.54, 1.807) is 31.2 Å². The van der Waals surface area contributed by atoms with Crippen molar-refractivity contribution in [1.82, 2.24) is 5.32 Å². The molecule has 6 nitrogen and oxygen atoms in total. The molecule has 1 aliphatic heterocycles. The number of carbonyl (C=O) groups is 1. The highest BCUT2D eigenvalue weighted by molar-refractivity contribution is 7.92. The summed E-state index contributed by atoms with van der Waals surface area (Å²) < 4.78 is 31.4. The van der Waals surface area contributed by atoms with E-state index >= 15 is 0 Å². The molecule has 0 radical (unpaired) electrons. The molecule has 116 valence electrons. The van der Waals surface area contributed by atoms with Gasteiger partial charge in [-0.2, -0.15) is 0 Å². The van der Waals surface area contributed by atoms with Gasteiger partial charge in [0.2, 0.25) is 10.0 Å². The number of fused-ring (bicyclic) bond motifs is 1. The summed E-state index contributed by atoms with van der Waals surface area (Å²) in [5.41, 5.74) is 0.485. The van der Waals surface area contributed by atoms with E-state index in [0.29, 0.717) is 18.0 Å². The lowest BCUT2D eigenvalue weighted by molar-refractivity contribution is -0.127. The van der Waals surface area contributed by atoms with E-state index in [0.717, 1.165) is 6.42 Å². The van der Waals surface area contributed by atoms with Crippen molar-refractivity contribution in [3.63, 3.8) is 0 Å². The number of benzene rings is 1. The maximum Gasteiger partial charge on any atom is 0.263 e. The quantitative estimate of drug-likeness (QED) is 0.884. The van der Waals surface area contributed by atoms with Gasteiger partial charge in [0.05, 0.1) is 18.0 Å². The lowest BCUT2D eigenvalue weighted by Gasteiger charge is -2.34. The third-order valence-corrected chi connectivity index (χ3v) is 5.02. The zero-order valence-corrected chi connectivity index (χ0v) is 13.0. The maximum atomic E-state index is 12.2. The van der Waals surface area contributed by atoms with Crippen molar-refractivity contribution in [2.24, 2.45) is 0 Å². The Morgan fingerprint density at radius 3 is 2.76 bits per heavy atom. The largest absolute Gasteiger partial charge is 0.476 e. The Balaban J connectivity index is 2.31. The van der Waals surface area contributed by atoms with Crippen LogP contribution in [0.25, 0.3) is 0 Å². The van der Waals surface area contributed by atoms with E-state index < -0.39 is 16.1 Å². The van der Waals surface area contributed by atoms with Crippen molar-refractivity contribution in [1.29, 1.82) is 0 Å². The molecule has 0 saturated carbocycles. The summed E-state index contributed by atoms with van der Waals surface area (Å²) in [5, 5.41) is 2.74. The molecule has 0 unspecified atom stereocenters. The van der Waals surface area contributed by atoms with Gasteiger partial charge >= 0.3 is 0 Å². The van der Waals surface area contributed by atoms with Crippen LogP contribution < -0.4 is 14.4 Å². The number of ether oxygens (including phenoxy) is 1. The molecule has 1 aromatic carbocycles. The summed E-state index contributed by atoms with van der Waals surface area (Å²) in [4.78, 5) is 12.1. The van der Waals surface area contributed by atoms with E-state index in [2.05, 4.69) is 5.32 Å². The summed E-state index contributed by atoms with van der Waals surface area (Å²) in [6.07, 6.45) is -0.0146. The van der Waals surface area contributed by atoms with Gasteiger partial charge in [0.15, 0.2) is 6.10 Å². The second kappa shape index (κ2) is 6.34. The van der Waals surface area contributed by atoms with Crippen LogP contribution >= 0.6 is 0 Å². The van der Waals surface area contributed by atoms with Crippen LogP contribution in [0.2, 0.25) is 0 Å². The van der Waals surface area contributed by atoms with Gasteiger partial charge in [-0.05, 0) is 25.5 Å². The van der Waals surface area contributed by atoms with Crippen LogP contribution in [0, 0.1) is 0 Å². The Morgan fingerprint density at radius 1 is 1.38 bits per heavy atom. The smallest absolute Gasteiger partial charge is 0.263 e. The fourth-order valence-electron chi connectivity index (χ4n) is 2.12. The van der Waals surface area contributed by atoms with Crippen molar-refractivity contribution < 1.29 is 17.9 Å². The first-order chi connectivity index (χ1) is 9.99. The van der Waals surface area contributed by atoms with Crippen molar-refractivity contribution in [3.8, 4) is 5.75 Å². The van der Waals surface area contributed by atoms with Crippen molar-refractivity contribution in [2.45, 2.75) is 26.4 Å². The van der Waals surface area contributed by atoms with Crippen LogP contribution in [0.1, 0.15) is 20.3 Å². The van der Waals surface area contributed by atoms with Crippen LogP contribution in [0.3, 0.4) is 0 Å². The van der Waals surface area contributed by atoms with E-state index in [1.807, 2.05) is 6.92 Å². The first-order valence-electron chi connectivity index (χ1n) is 7.03. The predicted molar refractivity (Wildman–Crippen MR) is 81.0 cm³/mol. The van der Waals surface area contributed by atoms with Crippen molar-refractivity contribution in [2.75, 3.05) is 23.1 Å². The molecule has 1 amide bonds. The Hall–Kier alpha value is -1.76. The van der Waals surface area contributed by atoms with Gasteiger partial charge in [-0.1, -0.05) is 19.1 Å². The molecule has 1 atom stereocenters. The second-order valence-electron chi connectivity index (χ2n) is 4.80. The summed E-state index contributed by atoms with van der Waals surface area (Å²) in [5.74, 6) is 0.102. The average molecular weight is 312 g/mol. The Kier molecular flexibility index (Phi) is 4.72. The molecule has 0 fully saturated rings. The number of hydrogen-bond donors (Lipinski definition) is 1. The van der Waals surface area contributed by atoms with Gasteiger partial charge in [-0.3, -0.25) is 9.10 Å². The number of nitrogens with one attached hydrogen (secondary N) is 1. The molecule has 1 aliphatic rings. The Bertz CT molecular complexity index is 615. The first-order valence-corrected chi connectivity index (χ1v) is 8.64. The van der Waals surface area contributed by atoms with E-state index in [-0.39, 0.29) is 18.2 Å². The summed E-state index contributed by atoms with van der Waals surface area (Å²) in [6.45, 7) is 4.08. The van der Waals surface area contributed by atoms with E-state index in [1.165, 1.54) is 4.31 Å². The lowest BCUT2D eigenvalue weighted by atomic mass is 10.2. The predicted octanol–water partition coefficient (Wildman–Crippen LogP) is 1.13. The van der Waals surface area contributed by atoms with Gasteiger partial charge in [0.25, 0.3) is 5.91 Å². The number of rotatable bonds is 5. The van der Waals surface area contributed by atoms with Crippen LogP contribution in [-0.2, 0) is 14.8 Å². The lowest BCUT2D eigenvalue weighted by Crippen LogP contribution is -2.51. The molecule has 0 aromatic heterocycles. The standard InChI is InChI=1S/C14H20N2O4S/c1-3-9-15-14(17)13-10-16(21(18,19)4-2)11-7-5-6-8-12(11)20-13/h5-8,13H,3-4,9-10H2,1-2H3,(H,15,17)/t13-/m0/s1. The number of anilines is 1. The van der Waals surface area contributed by atoms with Crippen molar-refractivity contribution in [3.05, 3.63) is 24.3 Å². The van der Waals surface area contributed by atoms with Crippen LogP contribution in [0.15, 0.2) is 24.3 Å². The van der Waals surface area contributed by atoms with E-state index in [4.69, 9.17) is 4.74 Å². The molecular weight excluding hydrogens is 292 g/mol. The maximum absolute atomic E-state index is 12.2. The minimum atomic E-state index is -3.45. The Morgan fingerprint density at radius 2 is 2.10 bits per heavy atom. The molecule has 7 heteroatoms. The van der Waals surface area contributed by atoms with Gasteiger partial charge in [0.1, 0.15) is 5.75 Å². The first kappa shape index (κ1) is 15.6. The van der Waals surface area contributed by atoms with Gasteiger partial charge in [-0.15, -0.1) is 0 Å². The molecule has 1 aromatic rings. The van der Waals surface area contributed by atoms with Gasteiger partial charge < -0.3 is 10.1 Å². The summed E-state index contributed by atoms with van der Waals surface area (Å²) >= 11 is 0. The highest BCUT2D eigenvalue weighted by Gasteiger charge is 2.35. The molecule has 1 heterocycles. The van der Waals surface area contributed by atoms with Crippen LogP contribution in [-0.4, -0.2) is 39.3 Å². The fourth-order valence-corrected chi connectivity index (χ4v) is 3.24. The highest BCUT2D eigenvalue weighted by Crippen LogP contribution is 2.34. The molecule has 21 heavy (non-hydrogen) atoms. The highest BCUT2D eigenvalue weighted by atomic mass is 32.2. The topological polar surface area (TPSA) is 75.7 Å². The monoisotopic (exact) mass is 312 g/mol. The minimum absolute atomic E-state index is 0.00271. The van der Waals surface area contributed by atoms with Gasteiger partial charge in [-0.25, -0.2) is 8.42 Å². The Labute approximate surface area is 125 Å². The average Bonchev–Trinajstić information content (AvgIpc) is 2.51. The third kappa shape index (κ3) is 3.29. The number of carbonyl (C=O) groups excluding carboxylic acids is 1. The number of para-hydroxylation sites is 2. The zero-order valence-electron chi connectivity index (χ0n) is 12.2.